The van der Waals surface area contributed by atoms with Crippen molar-refractivity contribution < 1.29 is 44.6 Å². The lowest BCUT2D eigenvalue weighted by Gasteiger charge is -2.74. The highest BCUT2D eigenvalue weighted by molar-refractivity contribution is 5.78. The summed E-state index contributed by atoms with van der Waals surface area (Å²) in [7, 11) is 0. The van der Waals surface area contributed by atoms with E-state index < -0.39 is 48.1 Å². The Morgan fingerprint density at radius 3 is 2.26 bits per heavy atom. The van der Waals surface area contributed by atoms with Gasteiger partial charge in [0.15, 0.2) is 12.4 Å². The number of hydrogen-bond acceptors (Lipinski definition) is 8. The minimum Gasteiger partial charge on any atom is -0.481 e. The van der Waals surface area contributed by atoms with E-state index in [2.05, 4.69) is 59.9 Å². The maximum atomic E-state index is 13.3. The van der Waals surface area contributed by atoms with Gasteiger partial charge >= 0.3 is 11.9 Å². The van der Waals surface area contributed by atoms with Crippen LogP contribution in [-0.4, -0.2) is 86.9 Å². The number of aliphatic hydroxyl groups is 3. The van der Waals surface area contributed by atoms with Crippen LogP contribution in [-0.2, 0) is 19.1 Å². The summed E-state index contributed by atoms with van der Waals surface area (Å²) in [6, 6.07) is 0.144. The molecule has 0 aromatic rings. The van der Waals surface area contributed by atoms with Crippen molar-refractivity contribution in [1.82, 2.24) is 5.32 Å². The third-order valence-corrected chi connectivity index (χ3v) is 16.2. The quantitative estimate of drug-likeness (QED) is 0.192. The summed E-state index contributed by atoms with van der Waals surface area (Å²) in [5, 5.41) is 55.7. The highest BCUT2D eigenvalue weighted by Gasteiger charge is 2.74. The molecular weight excluding hydrogens is 602 g/mol. The first kappa shape index (κ1) is 33.9. The van der Waals surface area contributed by atoms with E-state index >= 15 is 0 Å². The van der Waals surface area contributed by atoms with Crippen molar-refractivity contribution >= 4 is 11.9 Å². The molecular formula is C37H57NO9. The molecule has 7 rings (SSSR count). The predicted molar refractivity (Wildman–Crippen MR) is 172 cm³/mol. The van der Waals surface area contributed by atoms with Gasteiger partial charge in [0.2, 0.25) is 0 Å². The fraction of sp³-hybridized carbons (Fsp3) is 0.892. The Bertz CT molecular complexity index is 1360. The lowest BCUT2D eigenvalue weighted by molar-refractivity contribution is -0.324. The summed E-state index contributed by atoms with van der Waals surface area (Å²) in [5.74, 6) is -1.26. The van der Waals surface area contributed by atoms with E-state index in [4.69, 9.17) is 9.47 Å². The first-order valence-electron chi connectivity index (χ1n) is 18.0. The van der Waals surface area contributed by atoms with Gasteiger partial charge in [0, 0.05) is 12.0 Å². The lowest BCUT2D eigenvalue weighted by Crippen LogP contribution is -2.74. The monoisotopic (exact) mass is 659 g/mol. The highest BCUT2D eigenvalue weighted by Crippen LogP contribution is 2.77. The molecule has 2 heterocycles. The number of carbonyl (C=O) groups is 2. The summed E-state index contributed by atoms with van der Waals surface area (Å²) >= 11 is 0. The summed E-state index contributed by atoms with van der Waals surface area (Å²) in [6.45, 7) is 17.2. The summed E-state index contributed by atoms with van der Waals surface area (Å²) < 4.78 is 11.9. The van der Waals surface area contributed by atoms with E-state index in [1.54, 1.807) is 0 Å². The van der Waals surface area contributed by atoms with E-state index in [-0.39, 0.29) is 57.0 Å². The molecule has 264 valence electrons. The average molecular weight is 660 g/mol. The van der Waals surface area contributed by atoms with Crippen molar-refractivity contribution in [1.29, 1.82) is 0 Å². The molecule has 7 aliphatic rings. The van der Waals surface area contributed by atoms with Gasteiger partial charge in [0.25, 0.3) is 0 Å². The van der Waals surface area contributed by atoms with Crippen molar-refractivity contribution in [2.45, 2.75) is 143 Å². The Morgan fingerprint density at radius 2 is 1.60 bits per heavy atom. The zero-order valence-corrected chi connectivity index (χ0v) is 29.2. The zero-order valence-electron chi connectivity index (χ0n) is 29.2. The topological polar surface area (TPSA) is 166 Å². The molecule has 47 heavy (non-hydrogen) atoms. The number of carboxylic acid groups (broad SMARTS) is 2. The molecule has 0 aromatic carbocycles. The van der Waals surface area contributed by atoms with Gasteiger partial charge < -0.3 is 40.3 Å². The summed E-state index contributed by atoms with van der Waals surface area (Å²) in [5.41, 5.74) is 0.248. The molecule has 5 aliphatic carbocycles. The van der Waals surface area contributed by atoms with Crippen LogP contribution in [0.15, 0.2) is 11.6 Å². The largest absolute Gasteiger partial charge is 0.481 e. The van der Waals surface area contributed by atoms with Gasteiger partial charge in [-0.05, 0) is 103 Å². The Morgan fingerprint density at radius 1 is 0.894 bits per heavy atom. The van der Waals surface area contributed by atoms with Crippen LogP contribution in [0.2, 0.25) is 0 Å². The van der Waals surface area contributed by atoms with Crippen LogP contribution in [0.1, 0.15) is 99.8 Å². The van der Waals surface area contributed by atoms with E-state index in [0.717, 1.165) is 51.5 Å². The molecule has 15 unspecified atom stereocenters. The smallest absolute Gasteiger partial charge is 0.335 e. The number of nitrogens with one attached hydrogen (secondary N) is 1. The Balaban J connectivity index is 1.20. The maximum Gasteiger partial charge on any atom is 0.335 e. The highest BCUT2D eigenvalue weighted by atomic mass is 16.7. The fourth-order valence-electron chi connectivity index (χ4n) is 13.4. The van der Waals surface area contributed by atoms with Crippen molar-refractivity contribution in [2.24, 2.45) is 56.2 Å². The number of carboxylic acids is 2. The van der Waals surface area contributed by atoms with Crippen molar-refractivity contribution in [3.05, 3.63) is 11.6 Å². The molecule has 0 radical (unpaired) electrons. The van der Waals surface area contributed by atoms with Gasteiger partial charge in [-0.1, -0.05) is 60.1 Å². The van der Waals surface area contributed by atoms with Crippen LogP contribution in [0.3, 0.4) is 0 Å². The summed E-state index contributed by atoms with van der Waals surface area (Å²) in [4.78, 5) is 25.0. The van der Waals surface area contributed by atoms with Crippen LogP contribution in [0, 0.1) is 56.2 Å². The number of hydrogen-bond donors (Lipinski definition) is 6. The van der Waals surface area contributed by atoms with Crippen LogP contribution in [0.5, 0.6) is 0 Å². The van der Waals surface area contributed by atoms with Crippen LogP contribution >= 0.6 is 0 Å². The molecule has 2 saturated heterocycles. The molecule has 4 bridgehead atoms. The molecule has 6 fully saturated rings. The Kier molecular flexibility index (Phi) is 7.56. The molecule has 10 nitrogen and oxygen atoms in total. The van der Waals surface area contributed by atoms with Crippen LogP contribution in [0.4, 0.5) is 0 Å². The number of piperidine rings is 1. The van der Waals surface area contributed by atoms with Crippen molar-refractivity contribution in [3.63, 3.8) is 0 Å². The minimum absolute atomic E-state index is 0.00384. The van der Waals surface area contributed by atoms with Crippen molar-refractivity contribution in [3.8, 4) is 0 Å². The second-order valence-electron chi connectivity index (χ2n) is 18.6. The first-order chi connectivity index (χ1) is 21.8. The molecule has 6 N–H and O–H groups in total. The van der Waals surface area contributed by atoms with Crippen LogP contribution < -0.4 is 5.32 Å². The number of fused-ring (bicyclic) bond motifs is 5. The molecule has 0 amide bonds. The van der Waals surface area contributed by atoms with E-state index in [0.29, 0.717) is 12.3 Å². The molecule has 0 spiro atoms. The zero-order chi connectivity index (χ0) is 34.3. The van der Waals surface area contributed by atoms with E-state index in [1.165, 1.54) is 5.57 Å². The third-order valence-electron chi connectivity index (χ3n) is 16.2. The maximum absolute atomic E-state index is 13.3. The summed E-state index contributed by atoms with van der Waals surface area (Å²) in [6.07, 6.45) is 1.15. The van der Waals surface area contributed by atoms with E-state index in [9.17, 15) is 35.1 Å². The molecule has 2 aliphatic heterocycles. The second-order valence-corrected chi connectivity index (χ2v) is 18.6. The first-order valence-corrected chi connectivity index (χ1v) is 18.0. The average Bonchev–Trinajstić information content (AvgIpc) is 2.97. The van der Waals surface area contributed by atoms with Crippen LogP contribution in [0.25, 0.3) is 0 Å². The molecule has 15 atom stereocenters. The van der Waals surface area contributed by atoms with Crippen molar-refractivity contribution in [2.75, 3.05) is 6.54 Å². The van der Waals surface area contributed by atoms with Gasteiger partial charge in [-0.2, -0.15) is 0 Å². The number of rotatable bonds is 4. The Hall–Kier alpha value is -1.56. The molecule has 10 heteroatoms. The number of aliphatic hydroxyl groups excluding tert-OH is 3. The predicted octanol–water partition coefficient (Wildman–Crippen LogP) is 3.96. The number of ether oxygens (including phenoxy) is 2. The minimum atomic E-state index is -1.75. The molecule has 0 aromatic heterocycles. The third kappa shape index (κ3) is 4.24. The van der Waals surface area contributed by atoms with Gasteiger partial charge in [-0.15, -0.1) is 0 Å². The Labute approximate surface area is 278 Å². The standard InChI is InChI=1S/C37H57NO9/c1-32(2)14-15-37(31(44)45)18-16-36(7)19(23(37)28(32)38-17-18)8-9-21-34(5)12-11-22(33(3,4)20(34)10-13-35(21,36)6)46-30-26(41)24(39)25(40)27(47-30)29(42)43/h8,18,20-28,30,38-41H,9-17H2,1-7H3,(H,42,43)(H,44,45). The van der Waals surface area contributed by atoms with Gasteiger partial charge in [-0.3, -0.25) is 4.79 Å². The molecule has 4 saturated carbocycles. The normalized spacial score (nSPS) is 54.3. The fourth-order valence-corrected chi connectivity index (χ4v) is 13.4. The lowest BCUT2D eigenvalue weighted by atomic mass is 9.31. The van der Waals surface area contributed by atoms with Gasteiger partial charge in [-0.25, -0.2) is 4.79 Å². The van der Waals surface area contributed by atoms with E-state index in [1.807, 2.05) is 0 Å². The van der Waals surface area contributed by atoms with Gasteiger partial charge in [0.05, 0.1) is 11.5 Å². The van der Waals surface area contributed by atoms with Gasteiger partial charge in [0.1, 0.15) is 18.3 Å². The number of allylic oxidation sites excluding steroid dienone is 1. The number of aliphatic carboxylic acids is 2. The second kappa shape index (κ2) is 10.5. The SMILES string of the molecule is CC1(C)CCC2(C(=O)O)C3CNC1C2C1=CCC2C4(C)CCC(OC5OC(C(=O)O)C(O)C(O)C5O)C(C)(C)C4CCC2(C)C1(C)C3.